The van der Waals surface area contributed by atoms with Gasteiger partial charge in [-0.15, -0.1) is 0 Å². The van der Waals surface area contributed by atoms with Gasteiger partial charge >= 0.3 is 6.61 Å². The number of nitrogens with one attached hydrogen (secondary N) is 1. The maximum atomic E-state index is 12.8. The number of amides is 2. The molecule has 2 amide bonds. The molecule has 1 atom stereocenters. The van der Waals surface area contributed by atoms with Gasteiger partial charge in [-0.25, -0.2) is 0 Å². The molecule has 0 saturated carbocycles. The van der Waals surface area contributed by atoms with Crippen LogP contribution in [0.3, 0.4) is 0 Å². The molecule has 1 heterocycles. The summed E-state index contributed by atoms with van der Waals surface area (Å²) in [5, 5.41) is 2.82. The monoisotopic (exact) mass is 400 g/mol. The summed E-state index contributed by atoms with van der Waals surface area (Å²) in [6.07, 6.45) is 2.18. The zero-order valence-corrected chi connectivity index (χ0v) is 15.8. The third-order valence-electron chi connectivity index (χ3n) is 4.83. The van der Waals surface area contributed by atoms with E-state index in [4.69, 9.17) is 0 Å². The van der Waals surface area contributed by atoms with Gasteiger partial charge in [0.1, 0.15) is 5.75 Å². The Hall–Kier alpha value is -3.22. The molecule has 0 bridgehead atoms. The van der Waals surface area contributed by atoms with E-state index in [9.17, 15) is 18.4 Å². The first-order valence-electron chi connectivity index (χ1n) is 9.30. The highest BCUT2D eigenvalue weighted by Crippen LogP contribution is 2.28. The fourth-order valence-electron chi connectivity index (χ4n) is 3.37. The van der Waals surface area contributed by atoms with E-state index in [1.807, 2.05) is 30.3 Å². The van der Waals surface area contributed by atoms with Crippen LogP contribution in [0.15, 0.2) is 61.2 Å². The molecule has 7 heteroatoms. The first-order valence-corrected chi connectivity index (χ1v) is 9.30. The third kappa shape index (κ3) is 5.40. The molecule has 29 heavy (non-hydrogen) atoms. The van der Waals surface area contributed by atoms with E-state index in [-0.39, 0.29) is 23.5 Å². The second kappa shape index (κ2) is 9.32. The van der Waals surface area contributed by atoms with E-state index in [0.29, 0.717) is 37.2 Å². The Kier molecular flexibility index (Phi) is 6.59. The number of anilines is 1. The van der Waals surface area contributed by atoms with E-state index < -0.39 is 6.61 Å². The van der Waals surface area contributed by atoms with Crippen LogP contribution in [0.5, 0.6) is 5.75 Å². The number of carbonyl (C=O) groups excluding carboxylic acids is 2. The number of benzene rings is 2. The van der Waals surface area contributed by atoms with Crippen LogP contribution in [-0.4, -0.2) is 36.4 Å². The fraction of sp³-hybridized carbons (Fsp3) is 0.273. The lowest BCUT2D eigenvalue weighted by Crippen LogP contribution is -2.30. The molecular formula is C22H22F2N2O3. The fourth-order valence-corrected chi connectivity index (χ4v) is 3.37. The van der Waals surface area contributed by atoms with Gasteiger partial charge in [0.2, 0.25) is 11.8 Å². The second-order valence-electron chi connectivity index (χ2n) is 6.83. The van der Waals surface area contributed by atoms with Crippen LogP contribution in [0.4, 0.5) is 14.5 Å². The summed E-state index contributed by atoms with van der Waals surface area (Å²) in [5.74, 6) is -0.657. The van der Waals surface area contributed by atoms with E-state index in [0.717, 1.165) is 5.56 Å². The first kappa shape index (κ1) is 20.5. The van der Waals surface area contributed by atoms with Crippen molar-refractivity contribution >= 4 is 17.5 Å². The molecule has 1 aliphatic rings. The lowest BCUT2D eigenvalue weighted by atomic mass is 10.0. The molecular weight excluding hydrogens is 378 g/mol. The number of likely N-dealkylation sites (tertiary alicyclic amines) is 1. The maximum Gasteiger partial charge on any atom is 0.387 e. The van der Waals surface area contributed by atoms with Crippen molar-refractivity contribution in [1.29, 1.82) is 0 Å². The highest BCUT2D eigenvalue weighted by atomic mass is 19.3. The number of carbonyl (C=O) groups is 2. The van der Waals surface area contributed by atoms with Crippen LogP contribution in [0, 0.1) is 5.92 Å². The summed E-state index contributed by atoms with van der Waals surface area (Å²) in [4.78, 5) is 25.8. The van der Waals surface area contributed by atoms with Gasteiger partial charge in [-0.3, -0.25) is 9.59 Å². The number of nitrogens with zero attached hydrogens (tertiary/aromatic N) is 1. The molecule has 5 nitrogen and oxygen atoms in total. The largest absolute Gasteiger partial charge is 0.435 e. The van der Waals surface area contributed by atoms with Crippen molar-refractivity contribution in [3.8, 4) is 5.75 Å². The SMILES string of the molecule is C=CC(=O)N1CCC(C(=O)Nc2ccc(OC(F)F)c(Cc3ccccc3)c2)C1. The third-order valence-corrected chi connectivity index (χ3v) is 4.83. The van der Waals surface area contributed by atoms with E-state index >= 15 is 0 Å². The zero-order valence-electron chi connectivity index (χ0n) is 15.8. The Morgan fingerprint density at radius 2 is 2.00 bits per heavy atom. The highest BCUT2D eigenvalue weighted by molar-refractivity contribution is 5.94. The summed E-state index contributed by atoms with van der Waals surface area (Å²) in [6.45, 7) is 1.36. The Labute approximate surface area is 168 Å². The molecule has 0 aromatic heterocycles. The van der Waals surface area contributed by atoms with Crippen LogP contribution in [0.25, 0.3) is 0 Å². The minimum Gasteiger partial charge on any atom is -0.435 e. The number of hydrogen-bond acceptors (Lipinski definition) is 3. The number of rotatable bonds is 7. The smallest absolute Gasteiger partial charge is 0.387 e. The minimum atomic E-state index is -2.93. The first-order chi connectivity index (χ1) is 14.0. The zero-order chi connectivity index (χ0) is 20.8. The minimum absolute atomic E-state index is 0.0745. The van der Waals surface area contributed by atoms with E-state index in [1.54, 1.807) is 11.0 Å². The van der Waals surface area contributed by atoms with E-state index in [1.165, 1.54) is 18.2 Å². The van der Waals surface area contributed by atoms with Gasteiger partial charge in [0, 0.05) is 30.8 Å². The normalized spacial score (nSPS) is 16.0. The molecule has 1 saturated heterocycles. The molecule has 1 N–H and O–H groups in total. The molecule has 0 radical (unpaired) electrons. The summed E-state index contributed by atoms with van der Waals surface area (Å²) >= 11 is 0. The average molecular weight is 400 g/mol. The molecule has 0 spiro atoms. The van der Waals surface area contributed by atoms with Gasteiger partial charge in [-0.05, 0) is 36.3 Å². The standard InChI is InChI=1S/C22H22F2N2O3/c1-2-20(27)26-11-10-16(14-26)21(28)25-18-8-9-19(29-22(23)24)17(13-18)12-15-6-4-3-5-7-15/h2-9,13,16,22H,1,10-12,14H2,(H,25,28). The summed E-state index contributed by atoms with van der Waals surface area (Å²) in [6, 6.07) is 14.0. The van der Waals surface area contributed by atoms with Crippen LogP contribution in [0.1, 0.15) is 17.5 Å². The van der Waals surface area contributed by atoms with Crippen LogP contribution in [0.2, 0.25) is 0 Å². The quantitative estimate of drug-likeness (QED) is 0.719. The molecule has 0 aliphatic carbocycles. The van der Waals surface area contributed by atoms with Gasteiger partial charge in [0.05, 0.1) is 5.92 Å². The molecule has 1 unspecified atom stereocenters. The van der Waals surface area contributed by atoms with Crippen LogP contribution in [-0.2, 0) is 16.0 Å². The lowest BCUT2D eigenvalue weighted by Gasteiger charge is -2.16. The topological polar surface area (TPSA) is 58.6 Å². The van der Waals surface area contributed by atoms with Gasteiger partial charge in [0.25, 0.3) is 0 Å². The Balaban J connectivity index is 1.74. The molecule has 2 aromatic carbocycles. The van der Waals surface area contributed by atoms with Crippen LogP contribution < -0.4 is 10.1 Å². The number of ether oxygens (including phenoxy) is 1. The summed E-state index contributed by atoms with van der Waals surface area (Å²) < 4.78 is 30.1. The molecule has 1 aliphatic heterocycles. The second-order valence-corrected chi connectivity index (χ2v) is 6.83. The molecule has 2 aromatic rings. The number of halogens is 2. The van der Waals surface area contributed by atoms with E-state index in [2.05, 4.69) is 16.6 Å². The van der Waals surface area contributed by atoms with Crippen molar-refractivity contribution in [3.63, 3.8) is 0 Å². The van der Waals surface area contributed by atoms with Crippen molar-refractivity contribution < 1.29 is 23.1 Å². The highest BCUT2D eigenvalue weighted by Gasteiger charge is 2.30. The van der Waals surface area contributed by atoms with Crippen LogP contribution >= 0.6 is 0 Å². The summed E-state index contributed by atoms with van der Waals surface area (Å²) in [7, 11) is 0. The number of alkyl halides is 2. The van der Waals surface area contributed by atoms with Gasteiger partial charge in [-0.1, -0.05) is 36.9 Å². The lowest BCUT2D eigenvalue weighted by molar-refractivity contribution is -0.125. The Morgan fingerprint density at radius 3 is 2.69 bits per heavy atom. The van der Waals surface area contributed by atoms with Gasteiger partial charge in [-0.2, -0.15) is 8.78 Å². The van der Waals surface area contributed by atoms with Crippen molar-refractivity contribution in [2.45, 2.75) is 19.5 Å². The van der Waals surface area contributed by atoms with Crippen molar-refractivity contribution in [2.24, 2.45) is 5.92 Å². The van der Waals surface area contributed by atoms with Gasteiger partial charge < -0.3 is 15.0 Å². The predicted octanol–water partition coefficient (Wildman–Crippen LogP) is 3.85. The molecule has 3 rings (SSSR count). The van der Waals surface area contributed by atoms with Crippen molar-refractivity contribution in [1.82, 2.24) is 4.90 Å². The summed E-state index contributed by atoms with van der Waals surface area (Å²) in [5.41, 5.74) is 1.98. The van der Waals surface area contributed by atoms with Crippen molar-refractivity contribution in [3.05, 3.63) is 72.3 Å². The molecule has 1 fully saturated rings. The average Bonchev–Trinajstić information content (AvgIpc) is 3.20. The molecule has 152 valence electrons. The predicted molar refractivity (Wildman–Crippen MR) is 106 cm³/mol. The Bertz CT molecular complexity index is 887. The number of hydrogen-bond donors (Lipinski definition) is 1. The van der Waals surface area contributed by atoms with Crippen molar-refractivity contribution in [2.75, 3.05) is 18.4 Å². The van der Waals surface area contributed by atoms with Gasteiger partial charge in [0.15, 0.2) is 0 Å². The maximum absolute atomic E-state index is 12.8. The Morgan fingerprint density at radius 1 is 1.24 bits per heavy atom.